The number of unbranched alkanes of at least 4 members (excludes halogenated alkanes) is 14. The molecular formula is C30H70FNO3. The monoisotopic (exact) mass is 512 g/mol. The van der Waals surface area contributed by atoms with E-state index in [1.54, 1.807) is 5.48 Å². The van der Waals surface area contributed by atoms with Crippen molar-refractivity contribution in [2.24, 2.45) is 11.8 Å². The van der Waals surface area contributed by atoms with Gasteiger partial charge in [0, 0.05) is 7.05 Å². The molecule has 1 aliphatic rings. The summed E-state index contributed by atoms with van der Waals surface area (Å²) in [5.74, 6) is 1.31. The second-order valence-electron chi connectivity index (χ2n) is 8.07. The summed E-state index contributed by atoms with van der Waals surface area (Å²) < 4.78 is 11.4. The summed E-state index contributed by atoms with van der Waals surface area (Å²) in [7, 11) is 1.43. The largest absolute Gasteiger partial charge is 0.317 e. The van der Waals surface area contributed by atoms with Crippen LogP contribution in [-0.2, 0) is 9.98 Å². The van der Waals surface area contributed by atoms with Crippen LogP contribution in [0.15, 0.2) is 0 Å². The molecule has 0 heterocycles. The summed E-state index contributed by atoms with van der Waals surface area (Å²) in [6.45, 7) is 18.7. The van der Waals surface area contributed by atoms with Crippen LogP contribution in [0.1, 0.15) is 171 Å². The number of halogens is 1. The first-order valence-electron chi connectivity index (χ1n) is 15.5. The quantitative estimate of drug-likeness (QED) is 0.103. The number of hydrogen-bond donors (Lipinski definition) is 2. The van der Waals surface area contributed by atoms with Gasteiger partial charge in [-0.15, -0.1) is 0 Å². The van der Waals surface area contributed by atoms with Gasteiger partial charge in [-0.05, 0) is 27.9 Å². The Morgan fingerprint density at radius 2 is 0.943 bits per heavy atom. The van der Waals surface area contributed by atoms with E-state index in [1.807, 2.05) is 55.4 Å². The summed E-state index contributed by atoms with van der Waals surface area (Å²) in [4.78, 5) is 4.35. The molecule has 0 aromatic heterocycles. The van der Waals surface area contributed by atoms with Gasteiger partial charge in [-0.25, -0.2) is 10.4 Å². The van der Waals surface area contributed by atoms with Crippen LogP contribution in [0.2, 0.25) is 0 Å². The predicted octanol–water partition coefficient (Wildman–Crippen LogP) is 11.4. The lowest BCUT2D eigenvalue weighted by molar-refractivity contribution is -0.431. The van der Waals surface area contributed by atoms with E-state index < -0.39 is 0 Å². The van der Waals surface area contributed by atoms with E-state index in [0.29, 0.717) is 12.5 Å². The zero-order valence-corrected chi connectivity index (χ0v) is 26.0. The molecule has 0 bridgehead atoms. The Balaban J connectivity index is -0.000000237. The van der Waals surface area contributed by atoms with Crippen molar-refractivity contribution in [3.63, 3.8) is 0 Å². The van der Waals surface area contributed by atoms with E-state index in [4.69, 9.17) is 5.21 Å². The average Bonchev–Trinajstić information content (AvgIpc) is 3.68. The smallest absolute Gasteiger partial charge is 0.0887 e. The van der Waals surface area contributed by atoms with Gasteiger partial charge >= 0.3 is 0 Å². The molecule has 1 rings (SSSR count). The van der Waals surface area contributed by atoms with Crippen LogP contribution in [0.25, 0.3) is 0 Å². The molecular weight excluding hydrogens is 441 g/mol. The van der Waals surface area contributed by atoms with E-state index in [0.717, 1.165) is 5.92 Å². The maximum absolute atomic E-state index is 11.4. The van der Waals surface area contributed by atoms with Gasteiger partial charge in [0.15, 0.2) is 0 Å². The number of hydrogen-bond acceptors (Lipinski definition) is 4. The highest BCUT2D eigenvalue weighted by molar-refractivity contribution is 4.85. The zero-order valence-electron chi connectivity index (χ0n) is 26.0. The second-order valence-corrected chi connectivity index (χ2v) is 8.07. The number of rotatable bonds is 19. The molecule has 35 heavy (non-hydrogen) atoms. The fourth-order valence-electron chi connectivity index (χ4n) is 3.76. The molecule has 220 valence electrons. The summed E-state index contributed by atoms with van der Waals surface area (Å²) in [5, 5.41) is 10.5. The maximum atomic E-state index is 11.4. The molecule has 0 aromatic carbocycles. The van der Waals surface area contributed by atoms with Crippen LogP contribution < -0.4 is 5.48 Å². The van der Waals surface area contributed by atoms with E-state index in [-0.39, 0.29) is 0 Å². The Hall–Kier alpha value is -0.230. The normalized spacial score (nSPS) is 14.7. The van der Waals surface area contributed by atoms with Crippen LogP contribution >= 0.6 is 0 Å². The molecule has 0 radical (unpaired) electrons. The molecule has 2 unspecified atom stereocenters. The minimum atomic E-state index is 0.430. The van der Waals surface area contributed by atoms with Crippen LogP contribution in [0.5, 0.6) is 0 Å². The van der Waals surface area contributed by atoms with Gasteiger partial charge < -0.3 is 5.21 Å². The van der Waals surface area contributed by atoms with Crippen LogP contribution in [-0.4, -0.2) is 18.9 Å². The number of hydroxylamine groups is 1. The van der Waals surface area contributed by atoms with Gasteiger partial charge in [0.25, 0.3) is 0 Å². The molecule has 0 saturated heterocycles. The lowest BCUT2D eigenvalue weighted by atomic mass is 10.0. The van der Waals surface area contributed by atoms with Crippen LogP contribution in [0, 0.1) is 11.8 Å². The van der Waals surface area contributed by atoms with Crippen molar-refractivity contribution in [1.29, 1.82) is 0 Å². The van der Waals surface area contributed by atoms with E-state index in [1.165, 1.54) is 116 Å². The fraction of sp³-hybridized carbons (Fsp3) is 1.00. The first-order chi connectivity index (χ1) is 17.3. The minimum Gasteiger partial charge on any atom is -0.317 e. The molecule has 0 amide bonds. The highest BCUT2D eigenvalue weighted by Gasteiger charge is 2.36. The van der Waals surface area contributed by atoms with Crippen molar-refractivity contribution in [3.8, 4) is 0 Å². The number of nitrogens with one attached hydrogen (secondary N) is 1. The molecule has 0 aromatic rings. The molecule has 1 saturated carbocycles. The Kier molecular flexibility index (Phi) is 64.7. The molecule has 2 N–H and O–H groups in total. The second kappa shape index (κ2) is 50.6. The Labute approximate surface area is 222 Å². The van der Waals surface area contributed by atoms with Gasteiger partial charge in [0.05, 0.1) is 6.61 Å². The van der Waals surface area contributed by atoms with Crippen molar-refractivity contribution in [2.45, 2.75) is 171 Å². The van der Waals surface area contributed by atoms with Gasteiger partial charge in [-0.1, -0.05) is 165 Å². The van der Waals surface area contributed by atoms with E-state index >= 15 is 0 Å². The maximum Gasteiger partial charge on any atom is 0.0887 e. The topological polar surface area (TPSA) is 50.7 Å². The van der Waals surface area contributed by atoms with Gasteiger partial charge in [0.1, 0.15) is 0 Å². The molecule has 1 fully saturated rings. The summed E-state index contributed by atoms with van der Waals surface area (Å²) in [6, 6.07) is 0. The first-order valence-corrected chi connectivity index (χ1v) is 15.5. The third-order valence-corrected chi connectivity index (χ3v) is 5.57. The summed E-state index contributed by atoms with van der Waals surface area (Å²) in [6.07, 6.45) is 23.7. The Morgan fingerprint density at radius 1 is 0.629 bits per heavy atom. The highest BCUT2D eigenvalue weighted by atomic mass is 19.3. The van der Waals surface area contributed by atoms with Crippen molar-refractivity contribution in [3.05, 3.63) is 0 Å². The highest BCUT2D eigenvalue weighted by Crippen LogP contribution is 2.42. The average molecular weight is 512 g/mol. The van der Waals surface area contributed by atoms with Crippen molar-refractivity contribution in [1.82, 2.24) is 5.48 Å². The van der Waals surface area contributed by atoms with Crippen molar-refractivity contribution >= 4 is 0 Å². The van der Waals surface area contributed by atoms with Crippen LogP contribution in [0.3, 0.4) is 0 Å². The lowest BCUT2D eigenvalue weighted by Crippen LogP contribution is -1.95. The first kappa shape index (κ1) is 44.7. The zero-order chi connectivity index (χ0) is 28.0. The fourth-order valence-corrected chi connectivity index (χ4v) is 3.76. The standard InChI is InChI=1S/C21H41FO2.4C2H6.CH5NO/c1-2-3-4-5-6-7-8-9-10-11-12-13-14-15-16-17-20-18-21(20)19-23-24-22;4*1-2;1-2-3/h20-21H,2-19H2,1H3;4*1-2H3;2-3H,1H3. The van der Waals surface area contributed by atoms with Gasteiger partial charge in [0.2, 0.25) is 0 Å². The van der Waals surface area contributed by atoms with E-state index in [2.05, 4.69) is 16.9 Å². The van der Waals surface area contributed by atoms with E-state index in [9.17, 15) is 4.53 Å². The van der Waals surface area contributed by atoms with Gasteiger partial charge in [-0.3, -0.25) is 0 Å². The predicted molar refractivity (Wildman–Crippen MR) is 156 cm³/mol. The molecule has 4 nitrogen and oxygen atoms in total. The summed E-state index contributed by atoms with van der Waals surface area (Å²) in [5.41, 5.74) is 1.75. The van der Waals surface area contributed by atoms with Crippen LogP contribution in [0.4, 0.5) is 4.53 Å². The molecule has 0 aliphatic heterocycles. The molecule has 2 atom stereocenters. The Morgan fingerprint density at radius 3 is 1.26 bits per heavy atom. The van der Waals surface area contributed by atoms with Crippen molar-refractivity contribution < 1.29 is 19.7 Å². The lowest BCUT2D eigenvalue weighted by Gasteiger charge is -2.03. The van der Waals surface area contributed by atoms with Gasteiger partial charge in [-0.2, -0.15) is 0 Å². The molecule has 1 aliphatic carbocycles. The molecule has 0 spiro atoms. The summed E-state index contributed by atoms with van der Waals surface area (Å²) >= 11 is 0. The molecule has 5 heteroatoms. The SMILES string of the molecule is CC.CC.CC.CC.CCCCCCCCCCCCCCCCCC1CC1COOF.CNO. The third kappa shape index (κ3) is 47.6. The third-order valence-electron chi connectivity index (χ3n) is 5.57. The van der Waals surface area contributed by atoms with Crippen molar-refractivity contribution in [2.75, 3.05) is 13.7 Å². The minimum absolute atomic E-state index is 0.430. The Bertz CT molecular complexity index is 284.